The van der Waals surface area contributed by atoms with Crippen LogP contribution in [0, 0.1) is 25.2 Å². The fourth-order valence-electron chi connectivity index (χ4n) is 2.35. The Kier molecular flexibility index (Phi) is 4.20. The van der Waals surface area contributed by atoms with Crippen molar-refractivity contribution in [3.63, 3.8) is 0 Å². The van der Waals surface area contributed by atoms with E-state index in [4.69, 9.17) is 4.74 Å². The molecule has 20 heavy (non-hydrogen) atoms. The molecule has 106 valence electrons. The number of likely N-dealkylation sites (N-methyl/N-ethyl adjacent to an activating group) is 1. The van der Waals surface area contributed by atoms with Gasteiger partial charge >= 0.3 is 0 Å². The minimum atomic E-state index is -0.525. The molecule has 1 aliphatic rings. The molecule has 0 aromatic carbocycles. The van der Waals surface area contributed by atoms with Gasteiger partial charge in [0.25, 0.3) is 5.91 Å². The molecule has 0 bridgehead atoms. The summed E-state index contributed by atoms with van der Waals surface area (Å²) in [5, 5.41) is 11.9. The van der Waals surface area contributed by atoms with Crippen LogP contribution in [0.25, 0.3) is 0 Å². The van der Waals surface area contributed by atoms with E-state index in [9.17, 15) is 10.1 Å². The van der Waals surface area contributed by atoms with Gasteiger partial charge in [0.05, 0.1) is 18.7 Å². The van der Waals surface area contributed by atoms with E-state index in [0.717, 1.165) is 11.3 Å². The molecule has 0 spiro atoms. The summed E-state index contributed by atoms with van der Waals surface area (Å²) < 4.78 is 5.45. The van der Waals surface area contributed by atoms with E-state index in [1.54, 1.807) is 7.05 Å². The van der Waals surface area contributed by atoms with Crippen molar-refractivity contribution in [2.24, 2.45) is 0 Å². The number of nitriles is 1. The number of amides is 1. The van der Waals surface area contributed by atoms with Crippen LogP contribution in [0.15, 0.2) is 6.07 Å². The van der Waals surface area contributed by atoms with Gasteiger partial charge in [0, 0.05) is 19.3 Å². The van der Waals surface area contributed by atoms with Gasteiger partial charge in [-0.25, -0.2) is 4.98 Å². The molecule has 2 heterocycles. The summed E-state index contributed by atoms with van der Waals surface area (Å²) >= 11 is 0. The number of hydrogen-bond donors (Lipinski definition) is 1. The first kappa shape index (κ1) is 14.3. The second-order valence-electron chi connectivity index (χ2n) is 4.81. The van der Waals surface area contributed by atoms with E-state index in [1.165, 1.54) is 0 Å². The Bertz CT molecular complexity index is 565. The number of hydrogen-bond acceptors (Lipinski definition) is 5. The molecule has 1 N–H and O–H groups in total. The van der Waals surface area contributed by atoms with Crippen molar-refractivity contribution < 1.29 is 9.53 Å². The largest absolute Gasteiger partial charge is 0.365 e. The molecule has 0 radical (unpaired) electrons. The maximum atomic E-state index is 11.7. The Labute approximate surface area is 118 Å². The van der Waals surface area contributed by atoms with Gasteiger partial charge in [0.1, 0.15) is 11.9 Å². The number of aromatic nitrogens is 1. The second kappa shape index (κ2) is 5.88. The highest BCUT2D eigenvalue weighted by atomic mass is 16.5. The second-order valence-corrected chi connectivity index (χ2v) is 4.81. The zero-order chi connectivity index (χ0) is 14.7. The normalized spacial score (nSPS) is 18.5. The molecule has 1 atom stereocenters. The molecule has 1 saturated heterocycles. The molecule has 6 nitrogen and oxygen atoms in total. The summed E-state index contributed by atoms with van der Waals surface area (Å²) in [5.74, 6) is 0.486. The van der Waals surface area contributed by atoms with Crippen LogP contribution in [-0.4, -0.2) is 43.7 Å². The van der Waals surface area contributed by atoms with Gasteiger partial charge in [-0.3, -0.25) is 4.79 Å². The van der Waals surface area contributed by atoms with Crippen LogP contribution < -0.4 is 10.2 Å². The number of aryl methyl sites for hydroxylation is 2. The van der Waals surface area contributed by atoms with Crippen molar-refractivity contribution in [3.05, 3.63) is 22.9 Å². The first-order valence-electron chi connectivity index (χ1n) is 6.53. The van der Waals surface area contributed by atoms with Gasteiger partial charge in [0.2, 0.25) is 0 Å². The van der Waals surface area contributed by atoms with Crippen molar-refractivity contribution in [1.29, 1.82) is 5.26 Å². The fourth-order valence-corrected chi connectivity index (χ4v) is 2.35. The lowest BCUT2D eigenvalue weighted by Crippen LogP contribution is -2.49. The van der Waals surface area contributed by atoms with Crippen LogP contribution in [0.2, 0.25) is 0 Å². The van der Waals surface area contributed by atoms with E-state index in [2.05, 4.69) is 16.4 Å². The van der Waals surface area contributed by atoms with E-state index >= 15 is 0 Å². The Morgan fingerprint density at radius 1 is 1.60 bits per heavy atom. The predicted molar refractivity (Wildman–Crippen MR) is 74.4 cm³/mol. The van der Waals surface area contributed by atoms with Crippen molar-refractivity contribution in [2.45, 2.75) is 20.0 Å². The first-order valence-corrected chi connectivity index (χ1v) is 6.53. The van der Waals surface area contributed by atoms with Gasteiger partial charge < -0.3 is 15.0 Å². The van der Waals surface area contributed by atoms with Crippen LogP contribution in [-0.2, 0) is 9.53 Å². The molecule has 2 rings (SSSR count). The number of anilines is 1. The summed E-state index contributed by atoms with van der Waals surface area (Å²) in [4.78, 5) is 18.1. The number of ether oxygens (including phenoxy) is 1. The molecule has 0 aliphatic carbocycles. The maximum Gasteiger partial charge on any atom is 0.250 e. The number of carbonyl (C=O) groups is 1. The van der Waals surface area contributed by atoms with E-state index in [0.29, 0.717) is 31.1 Å². The molecule has 1 aromatic heterocycles. The quantitative estimate of drug-likeness (QED) is 0.850. The van der Waals surface area contributed by atoms with Crippen LogP contribution in [0.4, 0.5) is 5.82 Å². The molecule has 1 amide bonds. The summed E-state index contributed by atoms with van der Waals surface area (Å²) in [7, 11) is 1.58. The lowest BCUT2D eigenvalue weighted by molar-refractivity contribution is -0.132. The number of rotatable bonds is 2. The van der Waals surface area contributed by atoms with Gasteiger partial charge in [0.15, 0.2) is 6.10 Å². The zero-order valence-electron chi connectivity index (χ0n) is 11.9. The Morgan fingerprint density at radius 3 is 3.00 bits per heavy atom. The Morgan fingerprint density at radius 2 is 2.35 bits per heavy atom. The molecule has 0 saturated carbocycles. The van der Waals surface area contributed by atoms with Crippen molar-refractivity contribution in [3.8, 4) is 6.07 Å². The highest BCUT2D eigenvalue weighted by Crippen LogP contribution is 2.23. The van der Waals surface area contributed by atoms with Crippen LogP contribution >= 0.6 is 0 Å². The molecule has 1 aliphatic heterocycles. The maximum absolute atomic E-state index is 11.7. The summed E-state index contributed by atoms with van der Waals surface area (Å²) in [6.45, 7) is 5.27. The highest BCUT2D eigenvalue weighted by molar-refractivity contribution is 5.81. The minimum absolute atomic E-state index is 0.155. The number of pyridine rings is 1. The third-order valence-electron chi connectivity index (χ3n) is 3.34. The standard InChI is InChI=1S/C14H18N4O2/c1-9-6-10(2)17-13(11(9)7-15)18-4-5-20-12(8-18)14(19)16-3/h6,12H,4-5,8H2,1-3H3,(H,16,19). The molecule has 1 aromatic rings. The number of nitrogens with zero attached hydrogens (tertiary/aromatic N) is 3. The first-order chi connectivity index (χ1) is 9.56. The highest BCUT2D eigenvalue weighted by Gasteiger charge is 2.28. The van der Waals surface area contributed by atoms with Crippen molar-refractivity contribution in [2.75, 3.05) is 31.6 Å². The average Bonchev–Trinajstić information content (AvgIpc) is 2.45. The number of carbonyl (C=O) groups excluding carboxylic acids is 1. The van der Waals surface area contributed by atoms with Gasteiger partial charge in [-0.15, -0.1) is 0 Å². The third kappa shape index (κ3) is 2.73. The van der Waals surface area contributed by atoms with Gasteiger partial charge in [-0.05, 0) is 25.5 Å². The number of morpholine rings is 1. The predicted octanol–water partition coefficient (Wildman–Crippen LogP) is 0.521. The van der Waals surface area contributed by atoms with Crippen molar-refractivity contribution >= 4 is 11.7 Å². The monoisotopic (exact) mass is 274 g/mol. The SMILES string of the molecule is CNC(=O)C1CN(c2nc(C)cc(C)c2C#N)CCO1. The lowest BCUT2D eigenvalue weighted by Gasteiger charge is -2.33. The summed E-state index contributed by atoms with van der Waals surface area (Å²) in [5.41, 5.74) is 2.32. The van der Waals surface area contributed by atoms with E-state index in [-0.39, 0.29) is 5.91 Å². The van der Waals surface area contributed by atoms with Crippen LogP contribution in [0.1, 0.15) is 16.8 Å². The van der Waals surface area contributed by atoms with E-state index < -0.39 is 6.10 Å². The third-order valence-corrected chi connectivity index (χ3v) is 3.34. The Balaban J connectivity index is 2.32. The lowest BCUT2D eigenvalue weighted by atomic mass is 10.1. The summed E-state index contributed by atoms with van der Waals surface area (Å²) in [6.07, 6.45) is -0.525. The number of nitrogens with one attached hydrogen (secondary N) is 1. The Hall–Kier alpha value is -2.13. The molecule has 1 unspecified atom stereocenters. The van der Waals surface area contributed by atoms with Crippen molar-refractivity contribution in [1.82, 2.24) is 10.3 Å². The topological polar surface area (TPSA) is 78.3 Å². The minimum Gasteiger partial charge on any atom is -0.365 e. The smallest absolute Gasteiger partial charge is 0.250 e. The van der Waals surface area contributed by atoms with Gasteiger partial charge in [-0.2, -0.15) is 5.26 Å². The average molecular weight is 274 g/mol. The van der Waals surface area contributed by atoms with E-state index in [1.807, 2.05) is 24.8 Å². The molecule has 6 heteroatoms. The molecular formula is C14H18N4O2. The van der Waals surface area contributed by atoms with Gasteiger partial charge in [-0.1, -0.05) is 0 Å². The fraction of sp³-hybridized carbons (Fsp3) is 0.500. The zero-order valence-corrected chi connectivity index (χ0v) is 11.9. The van der Waals surface area contributed by atoms with Crippen LogP contribution in [0.3, 0.4) is 0 Å². The summed E-state index contributed by atoms with van der Waals surface area (Å²) in [6, 6.07) is 4.09. The molecule has 1 fully saturated rings. The van der Waals surface area contributed by atoms with Crippen LogP contribution in [0.5, 0.6) is 0 Å². The molecular weight excluding hydrogens is 256 g/mol.